The topological polar surface area (TPSA) is 68.7 Å². The van der Waals surface area contributed by atoms with Gasteiger partial charge in [-0.25, -0.2) is 9.78 Å². The van der Waals surface area contributed by atoms with Crippen LogP contribution in [0.5, 0.6) is 5.75 Å². The molecule has 138 valence electrons. The Balaban J connectivity index is 2.07. The van der Waals surface area contributed by atoms with E-state index in [1.54, 1.807) is 45.5 Å². The predicted molar refractivity (Wildman–Crippen MR) is 103 cm³/mol. The average Bonchev–Trinajstić information content (AvgIpc) is 2.70. The number of hydrogen-bond acceptors (Lipinski definition) is 5. The molecule has 0 saturated heterocycles. The van der Waals surface area contributed by atoms with Gasteiger partial charge in [0.15, 0.2) is 6.61 Å². The number of carbonyl (C=O) groups is 2. The first-order valence-corrected chi connectivity index (χ1v) is 8.41. The first kappa shape index (κ1) is 18.4. The summed E-state index contributed by atoms with van der Waals surface area (Å²) in [4.78, 5) is 30.5. The molecule has 0 fully saturated rings. The molecule has 1 aromatic heterocycles. The van der Waals surface area contributed by atoms with Gasteiger partial charge in [-0.2, -0.15) is 0 Å². The van der Waals surface area contributed by atoms with Crippen LogP contribution in [0, 0.1) is 0 Å². The monoisotopic (exact) mass is 364 g/mol. The molecule has 0 radical (unpaired) electrons. The molecule has 6 nitrogen and oxygen atoms in total. The van der Waals surface area contributed by atoms with Crippen LogP contribution in [0.4, 0.5) is 0 Å². The third-order valence-corrected chi connectivity index (χ3v) is 4.13. The molecule has 0 bridgehead atoms. The largest absolute Gasteiger partial charge is 0.497 e. The molecule has 0 unspecified atom stereocenters. The molecule has 0 aliphatic rings. The van der Waals surface area contributed by atoms with Crippen molar-refractivity contribution in [2.45, 2.75) is 0 Å². The number of nitrogens with zero attached hydrogens (tertiary/aromatic N) is 2. The number of ether oxygens (including phenoxy) is 2. The van der Waals surface area contributed by atoms with Crippen LogP contribution in [0.2, 0.25) is 0 Å². The van der Waals surface area contributed by atoms with Gasteiger partial charge in [0, 0.05) is 25.0 Å². The smallest absolute Gasteiger partial charge is 0.339 e. The summed E-state index contributed by atoms with van der Waals surface area (Å²) in [5.74, 6) is -0.263. The molecule has 0 N–H and O–H groups in total. The minimum atomic E-state index is -0.581. The second-order valence-corrected chi connectivity index (χ2v) is 6.17. The molecule has 3 rings (SSSR count). The second kappa shape index (κ2) is 7.86. The lowest BCUT2D eigenvalue weighted by Gasteiger charge is -2.13. The Morgan fingerprint density at radius 2 is 1.78 bits per heavy atom. The van der Waals surface area contributed by atoms with Crippen LogP contribution in [0.15, 0.2) is 54.6 Å². The van der Waals surface area contributed by atoms with E-state index in [1.165, 1.54) is 4.90 Å². The Hall–Kier alpha value is -3.41. The molecule has 0 saturated carbocycles. The normalized spacial score (nSPS) is 10.5. The van der Waals surface area contributed by atoms with Crippen molar-refractivity contribution >= 4 is 22.8 Å². The summed E-state index contributed by atoms with van der Waals surface area (Å²) in [7, 11) is 4.77. The maximum Gasteiger partial charge on any atom is 0.339 e. The molecule has 0 aliphatic heterocycles. The highest BCUT2D eigenvalue weighted by molar-refractivity contribution is 6.05. The Kier molecular flexibility index (Phi) is 5.35. The summed E-state index contributed by atoms with van der Waals surface area (Å²) >= 11 is 0. The zero-order valence-corrected chi connectivity index (χ0v) is 15.4. The number of rotatable bonds is 5. The van der Waals surface area contributed by atoms with E-state index < -0.39 is 5.97 Å². The zero-order chi connectivity index (χ0) is 19.4. The number of hydrogen-bond donors (Lipinski definition) is 0. The third-order valence-electron chi connectivity index (χ3n) is 4.13. The summed E-state index contributed by atoms with van der Waals surface area (Å²) in [6.07, 6.45) is 0. The summed E-state index contributed by atoms with van der Waals surface area (Å²) in [5, 5.41) is 0.608. The number of aromatic nitrogens is 1. The number of benzene rings is 2. The van der Waals surface area contributed by atoms with Crippen molar-refractivity contribution in [3.05, 3.63) is 60.2 Å². The maximum atomic E-state index is 12.7. The molecule has 27 heavy (non-hydrogen) atoms. The number of fused-ring (bicyclic) bond motifs is 1. The minimum absolute atomic E-state index is 0.289. The number of esters is 1. The van der Waals surface area contributed by atoms with Gasteiger partial charge in [0.25, 0.3) is 5.91 Å². The number of likely N-dealkylation sites (N-methyl/N-ethyl adjacent to an activating group) is 1. The highest BCUT2D eigenvalue weighted by Crippen LogP contribution is 2.28. The van der Waals surface area contributed by atoms with Gasteiger partial charge in [0.1, 0.15) is 5.75 Å². The number of carbonyl (C=O) groups excluding carboxylic acids is 2. The van der Waals surface area contributed by atoms with Gasteiger partial charge in [0.2, 0.25) is 0 Å². The Morgan fingerprint density at radius 1 is 1.04 bits per heavy atom. The molecule has 0 aliphatic carbocycles. The second-order valence-electron chi connectivity index (χ2n) is 6.17. The van der Waals surface area contributed by atoms with Gasteiger partial charge >= 0.3 is 5.97 Å². The van der Waals surface area contributed by atoms with Gasteiger partial charge in [-0.3, -0.25) is 4.79 Å². The lowest BCUT2D eigenvalue weighted by molar-refractivity contribution is -0.131. The Bertz CT molecular complexity index is 984. The van der Waals surface area contributed by atoms with Gasteiger partial charge in [0.05, 0.1) is 23.9 Å². The predicted octanol–water partition coefficient (Wildman–Crippen LogP) is 3.16. The van der Waals surface area contributed by atoms with Crippen LogP contribution in [0.1, 0.15) is 10.4 Å². The summed E-state index contributed by atoms with van der Waals surface area (Å²) < 4.78 is 10.5. The fourth-order valence-corrected chi connectivity index (χ4v) is 2.59. The lowest BCUT2D eigenvalue weighted by atomic mass is 10.0. The minimum Gasteiger partial charge on any atom is -0.497 e. The average molecular weight is 364 g/mol. The SMILES string of the molecule is COc1ccc2nc(-c3ccccc3)cc(C(=O)OCC(=O)N(C)C)c2c1. The van der Waals surface area contributed by atoms with E-state index >= 15 is 0 Å². The summed E-state index contributed by atoms with van der Waals surface area (Å²) in [6, 6.07) is 16.6. The first-order chi connectivity index (χ1) is 13.0. The standard InChI is InChI=1S/C21H20N2O4/c1-23(2)20(24)13-27-21(25)17-12-19(14-7-5-4-6-8-14)22-18-10-9-15(26-3)11-16(17)18/h4-12H,13H2,1-3H3. The zero-order valence-electron chi connectivity index (χ0n) is 15.4. The van der Waals surface area contributed by atoms with Gasteiger partial charge < -0.3 is 14.4 Å². The molecule has 0 spiro atoms. The van der Waals surface area contributed by atoms with E-state index in [-0.39, 0.29) is 12.5 Å². The molecule has 0 atom stereocenters. The quantitative estimate of drug-likeness (QED) is 0.651. The number of pyridine rings is 1. The van der Waals surface area contributed by atoms with Gasteiger partial charge in [-0.05, 0) is 24.3 Å². The number of amides is 1. The lowest BCUT2D eigenvalue weighted by Crippen LogP contribution is -2.27. The van der Waals surface area contributed by atoms with Gasteiger partial charge in [-0.15, -0.1) is 0 Å². The van der Waals surface area contributed by atoms with E-state index in [1.807, 2.05) is 30.3 Å². The van der Waals surface area contributed by atoms with E-state index in [0.717, 1.165) is 5.56 Å². The Labute approximate surface area is 157 Å². The third kappa shape index (κ3) is 4.06. The highest BCUT2D eigenvalue weighted by Gasteiger charge is 2.17. The van der Waals surface area contributed by atoms with Crippen molar-refractivity contribution < 1.29 is 19.1 Å². The fourth-order valence-electron chi connectivity index (χ4n) is 2.59. The van der Waals surface area contributed by atoms with Crippen molar-refractivity contribution in [2.75, 3.05) is 27.8 Å². The molecular formula is C21H20N2O4. The van der Waals surface area contributed by atoms with Crippen molar-refractivity contribution in [2.24, 2.45) is 0 Å². The van der Waals surface area contributed by atoms with Crippen molar-refractivity contribution in [3.63, 3.8) is 0 Å². The van der Waals surface area contributed by atoms with Gasteiger partial charge in [-0.1, -0.05) is 30.3 Å². The van der Waals surface area contributed by atoms with Crippen LogP contribution in [-0.4, -0.2) is 49.6 Å². The van der Waals surface area contributed by atoms with Crippen LogP contribution >= 0.6 is 0 Å². The molecule has 3 aromatic rings. The molecule has 6 heteroatoms. The van der Waals surface area contributed by atoms with Crippen LogP contribution in [-0.2, 0) is 9.53 Å². The highest BCUT2D eigenvalue weighted by atomic mass is 16.5. The van der Waals surface area contributed by atoms with Crippen LogP contribution in [0.3, 0.4) is 0 Å². The summed E-state index contributed by atoms with van der Waals surface area (Å²) in [5.41, 5.74) is 2.51. The van der Waals surface area contributed by atoms with Crippen molar-refractivity contribution in [1.82, 2.24) is 9.88 Å². The van der Waals surface area contributed by atoms with E-state index in [4.69, 9.17) is 9.47 Å². The first-order valence-electron chi connectivity index (χ1n) is 8.41. The molecule has 1 heterocycles. The van der Waals surface area contributed by atoms with Crippen LogP contribution in [0.25, 0.3) is 22.2 Å². The maximum absolute atomic E-state index is 12.7. The fraction of sp³-hybridized carbons (Fsp3) is 0.190. The van der Waals surface area contributed by atoms with E-state index in [9.17, 15) is 9.59 Å². The molecular weight excluding hydrogens is 344 g/mol. The molecule has 1 amide bonds. The summed E-state index contributed by atoms with van der Waals surface area (Å²) in [6.45, 7) is -0.319. The van der Waals surface area contributed by atoms with E-state index in [2.05, 4.69) is 4.98 Å². The van der Waals surface area contributed by atoms with Crippen molar-refractivity contribution in [1.29, 1.82) is 0 Å². The van der Waals surface area contributed by atoms with E-state index in [0.29, 0.717) is 27.9 Å². The number of methoxy groups -OCH3 is 1. The van der Waals surface area contributed by atoms with Crippen molar-refractivity contribution in [3.8, 4) is 17.0 Å². The molecule has 2 aromatic carbocycles. The van der Waals surface area contributed by atoms with Crippen LogP contribution < -0.4 is 4.74 Å². The Morgan fingerprint density at radius 3 is 2.44 bits per heavy atom.